The van der Waals surface area contributed by atoms with Crippen molar-refractivity contribution >= 4 is 17.5 Å². The van der Waals surface area contributed by atoms with E-state index in [9.17, 15) is 9.18 Å². The fraction of sp³-hybridized carbons (Fsp3) is 0.357. The highest BCUT2D eigenvalue weighted by molar-refractivity contribution is 6.31. The molecule has 38 heavy (non-hydrogen) atoms. The van der Waals surface area contributed by atoms with Crippen molar-refractivity contribution in [2.24, 2.45) is 11.7 Å². The Morgan fingerprint density at radius 1 is 1.11 bits per heavy atom. The normalized spacial score (nSPS) is 13.7. The molecule has 0 spiro atoms. The summed E-state index contributed by atoms with van der Waals surface area (Å²) in [6, 6.07) is 13.8. The van der Waals surface area contributed by atoms with Crippen molar-refractivity contribution in [2.75, 3.05) is 34.1 Å². The number of carbonyl (C=O) groups is 1. The lowest BCUT2D eigenvalue weighted by Crippen LogP contribution is -2.26. The highest BCUT2D eigenvalue weighted by Crippen LogP contribution is 2.43. The Balaban J connectivity index is 1.36. The number of ether oxygens (including phenoxy) is 4. The van der Waals surface area contributed by atoms with Gasteiger partial charge in [0.05, 0.1) is 32.6 Å². The van der Waals surface area contributed by atoms with E-state index in [1.54, 1.807) is 31.4 Å². The Morgan fingerprint density at radius 3 is 2.55 bits per heavy atom. The van der Waals surface area contributed by atoms with Crippen molar-refractivity contribution in [1.29, 1.82) is 0 Å². The van der Waals surface area contributed by atoms with Gasteiger partial charge >= 0.3 is 0 Å². The number of pyridine rings is 1. The molecule has 1 atom stereocenters. The molecule has 0 aliphatic heterocycles. The second-order valence-electron chi connectivity index (χ2n) is 9.05. The third-order valence-corrected chi connectivity index (χ3v) is 6.59. The number of methoxy groups -OCH3 is 2. The number of nitrogens with two attached hydrogens (primary N) is 1. The molecule has 1 aliphatic carbocycles. The number of rotatable bonds is 14. The summed E-state index contributed by atoms with van der Waals surface area (Å²) in [5.41, 5.74) is 8.30. The first-order chi connectivity index (χ1) is 18.4. The van der Waals surface area contributed by atoms with Crippen LogP contribution in [0, 0.1) is 11.7 Å². The number of benzene rings is 2. The van der Waals surface area contributed by atoms with Gasteiger partial charge in [-0.2, -0.15) is 0 Å². The molecule has 3 N–H and O–H groups in total. The van der Waals surface area contributed by atoms with Crippen LogP contribution in [0.25, 0.3) is 11.3 Å². The summed E-state index contributed by atoms with van der Waals surface area (Å²) in [5, 5.41) is 3.42. The Labute approximate surface area is 226 Å². The van der Waals surface area contributed by atoms with Crippen molar-refractivity contribution in [3.8, 4) is 28.5 Å². The van der Waals surface area contributed by atoms with Crippen molar-refractivity contribution < 1.29 is 28.1 Å². The van der Waals surface area contributed by atoms with Crippen LogP contribution >= 0.6 is 11.6 Å². The first kappa shape index (κ1) is 27.6. The van der Waals surface area contributed by atoms with Crippen LogP contribution in [-0.4, -0.2) is 45.0 Å². The number of hydrogen-bond acceptors (Lipinski definition) is 7. The number of carbonyl (C=O) groups excluding carboxylic acids is 1. The van der Waals surface area contributed by atoms with E-state index in [0.717, 1.165) is 24.1 Å². The molecule has 0 bridgehead atoms. The minimum absolute atomic E-state index is 0.0414. The van der Waals surface area contributed by atoms with Crippen molar-refractivity contribution in [2.45, 2.75) is 25.4 Å². The van der Waals surface area contributed by atoms with Gasteiger partial charge < -0.3 is 24.7 Å². The molecule has 0 radical (unpaired) electrons. The van der Waals surface area contributed by atoms with Crippen LogP contribution < -0.4 is 25.3 Å². The monoisotopic (exact) mass is 543 g/mol. The Morgan fingerprint density at radius 2 is 1.87 bits per heavy atom. The number of hydrogen-bond donors (Lipinski definition) is 2. The third-order valence-electron chi connectivity index (χ3n) is 6.30. The minimum Gasteiger partial charge on any atom is -0.494 e. The average Bonchev–Trinajstić information content (AvgIpc) is 3.76. The van der Waals surface area contributed by atoms with Gasteiger partial charge in [0.2, 0.25) is 0 Å². The van der Waals surface area contributed by atoms with Gasteiger partial charge in [0.25, 0.3) is 5.91 Å². The number of amides is 1. The second-order valence-corrected chi connectivity index (χ2v) is 9.45. The molecular weight excluding hydrogens is 513 g/mol. The molecule has 202 valence electrons. The van der Waals surface area contributed by atoms with E-state index >= 15 is 0 Å². The summed E-state index contributed by atoms with van der Waals surface area (Å²) >= 11 is 6.02. The zero-order valence-corrected chi connectivity index (χ0v) is 22.1. The second kappa shape index (κ2) is 12.9. The molecule has 1 saturated carbocycles. The predicted molar refractivity (Wildman–Crippen MR) is 142 cm³/mol. The smallest absolute Gasteiger partial charge is 0.255 e. The quantitative estimate of drug-likeness (QED) is 0.225. The minimum atomic E-state index is -0.559. The van der Waals surface area contributed by atoms with E-state index < -0.39 is 11.7 Å². The number of aromatic nitrogens is 1. The lowest BCUT2D eigenvalue weighted by Gasteiger charge is -2.19. The zero-order chi connectivity index (χ0) is 27.1. The van der Waals surface area contributed by atoms with Crippen molar-refractivity contribution in [3.05, 3.63) is 70.6 Å². The van der Waals surface area contributed by atoms with E-state index in [1.165, 1.54) is 13.2 Å². The highest BCUT2D eigenvalue weighted by atomic mass is 35.5. The van der Waals surface area contributed by atoms with E-state index in [0.29, 0.717) is 54.3 Å². The van der Waals surface area contributed by atoms with Gasteiger partial charge in [-0.1, -0.05) is 17.7 Å². The van der Waals surface area contributed by atoms with Crippen LogP contribution in [0.4, 0.5) is 4.39 Å². The summed E-state index contributed by atoms with van der Waals surface area (Å²) < 4.78 is 35.7. The summed E-state index contributed by atoms with van der Waals surface area (Å²) in [7, 11) is 3.11. The molecule has 1 aliphatic rings. The number of nitrogens with one attached hydrogen (secondary N) is 1. The molecule has 1 aromatic heterocycles. The fourth-order valence-corrected chi connectivity index (χ4v) is 4.40. The van der Waals surface area contributed by atoms with Gasteiger partial charge in [-0.15, -0.1) is 0 Å². The van der Waals surface area contributed by atoms with E-state index in [2.05, 4.69) is 5.32 Å². The summed E-state index contributed by atoms with van der Waals surface area (Å²) in [4.78, 5) is 15.9. The zero-order valence-electron chi connectivity index (χ0n) is 21.3. The van der Waals surface area contributed by atoms with Crippen LogP contribution in [0.3, 0.4) is 0 Å². The average molecular weight is 544 g/mol. The summed E-state index contributed by atoms with van der Waals surface area (Å²) in [6.45, 7) is 1.18. The maximum absolute atomic E-state index is 13.7. The molecule has 1 unspecified atom stereocenters. The van der Waals surface area contributed by atoms with Gasteiger partial charge in [0.15, 0.2) is 18.1 Å². The highest BCUT2D eigenvalue weighted by Gasteiger charge is 2.33. The van der Waals surface area contributed by atoms with Crippen molar-refractivity contribution in [3.63, 3.8) is 0 Å². The molecule has 1 amide bonds. The van der Waals surface area contributed by atoms with Crippen LogP contribution in [0.2, 0.25) is 5.02 Å². The molecule has 8 nitrogen and oxygen atoms in total. The van der Waals surface area contributed by atoms with Crippen LogP contribution in [0.5, 0.6) is 17.2 Å². The molecular formula is C28H31ClFN3O5. The van der Waals surface area contributed by atoms with Crippen LogP contribution in [0.15, 0.2) is 48.5 Å². The lowest BCUT2D eigenvalue weighted by molar-refractivity contribution is -0.119. The molecule has 0 saturated heterocycles. The first-order valence-electron chi connectivity index (χ1n) is 12.3. The van der Waals surface area contributed by atoms with E-state index in [4.69, 9.17) is 41.3 Å². The third kappa shape index (κ3) is 7.12. The Hall–Kier alpha value is -3.40. The molecule has 3 aromatic rings. The molecule has 1 fully saturated rings. The first-order valence-corrected chi connectivity index (χ1v) is 12.6. The largest absolute Gasteiger partial charge is 0.494 e. The molecule has 2 aromatic carbocycles. The van der Waals surface area contributed by atoms with Gasteiger partial charge in [-0.05, 0) is 66.8 Å². The van der Waals surface area contributed by atoms with Gasteiger partial charge in [0, 0.05) is 23.7 Å². The van der Waals surface area contributed by atoms with E-state index in [1.807, 2.05) is 18.2 Å². The van der Waals surface area contributed by atoms with Crippen molar-refractivity contribution in [1.82, 2.24) is 10.3 Å². The summed E-state index contributed by atoms with van der Waals surface area (Å²) in [5.74, 6) is 1.23. The fourth-order valence-electron chi connectivity index (χ4n) is 4.22. The van der Waals surface area contributed by atoms with E-state index in [-0.39, 0.29) is 17.5 Å². The lowest BCUT2D eigenvalue weighted by atomic mass is 9.98. The topological polar surface area (TPSA) is 105 Å². The number of nitrogens with zero attached hydrogens (tertiary/aromatic N) is 1. The van der Waals surface area contributed by atoms with Gasteiger partial charge in [-0.25, -0.2) is 9.37 Å². The van der Waals surface area contributed by atoms with Crippen LogP contribution in [0.1, 0.15) is 30.0 Å². The number of halogens is 2. The molecule has 1 heterocycles. The standard InChI is InChI=1S/C28H31ClFN3O5/c1-35-25-10-8-23(33-28(25)19-6-7-22(30)21(29)12-19)20(18-4-5-18)13-32-16-37-14-17-3-9-24(26(11-17)36-2)38-15-27(31)34/h3,6-12,18,20,32H,4-5,13-16H2,1-2H3,(H2,31,34). The maximum atomic E-state index is 13.7. The SMILES string of the molecule is COc1cc(COCNCC(c2ccc(OC)c(-c3ccc(F)c(Cl)c3)n2)C2CC2)ccc1OCC(N)=O. The molecule has 10 heteroatoms. The Bertz CT molecular complexity index is 1270. The van der Waals surface area contributed by atoms with Gasteiger partial charge in [0.1, 0.15) is 17.3 Å². The predicted octanol–water partition coefficient (Wildman–Crippen LogP) is 4.68. The van der Waals surface area contributed by atoms with Crippen LogP contribution in [-0.2, 0) is 16.1 Å². The Kier molecular flexibility index (Phi) is 9.38. The number of primary amides is 1. The molecule has 4 rings (SSSR count). The summed E-state index contributed by atoms with van der Waals surface area (Å²) in [6.07, 6.45) is 2.28. The maximum Gasteiger partial charge on any atom is 0.255 e. The van der Waals surface area contributed by atoms with Gasteiger partial charge in [-0.3, -0.25) is 10.1 Å².